The highest BCUT2D eigenvalue weighted by molar-refractivity contribution is 5.40. The van der Waals surface area contributed by atoms with Gasteiger partial charge in [-0.25, -0.2) is 4.39 Å². The Morgan fingerprint density at radius 2 is 2.00 bits per heavy atom. The zero-order chi connectivity index (χ0) is 14.0. The highest BCUT2D eigenvalue weighted by Crippen LogP contribution is 2.30. The first kappa shape index (κ1) is 14.3. The normalized spacial score (nSPS) is 16.4. The number of halogens is 1. The van der Waals surface area contributed by atoms with Crippen molar-refractivity contribution in [2.45, 2.75) is 40.2 Å². The fourth-order valence-corrected chi connectivity index (χ4v) is 2.56. The maximum Gasteiger partial charge on any atom is 0.165 e. The van der Waals surface area contributed by atoms with Gasteiger partial charge in [0, 0.05) is 25.2 Å². The molecule has 0 atom stereocenters. The van der Waals surface area contributed by atoms with E-state index in [1.165, 1.54) is 0 Å². The highest BCUT2D eigenvalue weighted by atomic mass is 19.1. The van der Waals surface area contributed by atoms with E-state index in [4.69, 9.17) is 4.74 Å². The lowest BCUT2D eigenvalue weighted by Gasteiger charge is -2.21. The van der Waals surface area contributed by atoms with Crippen LogP contribution in [0, 0.1) is 11.7 Å². The number of nitrogens with zero attached hydrogens (tertiary/aromatic N) is 1. The molecule has 1 aromatic carbocycles. The first-order valence-corrected chi connectivity index (χ1v) is 7.15. The van der Waals surface area contributed by atoms with Gasteiger partial charge in [0.05, 0.1) is 0 Å². The second kappa shape index (κ2) is 5.91. The molecule has 0 spiro atoms. The van der Waals surface area contributed by atoms with Crippen LogP contribution in [0.25, 0.3) is 0 Å². The monoisotopic (exact) mass is 265 g/mol. The Morgan fingerprint density at radius 3 is 2.63 bits per heavy atom. The van der Waals surface area contributed by atoms with Gasteiger partial charge in [-0.1, -0.05) is 33.8 Å². The molecule has 0 radical (unpaired) electrons. The Hall–Kier alpha value is -1.09. The first-order chi connectivity index (χ1) is 8.97. The molecule has 106 valence electrons. The molecular weight excluding hydrogens is 241 g/mol. The zero-order valence-corrected chi connectivity index (χ0v) is 12.4. The number of fused-ring (bicyclic) bond motifs is 1. The molecule has 3 heteroatoms. The molecule has 0 saturated heterocycles. The van der Waals surface area contributed by atoms with E-state index in [-0.39, 0.29) is 5.82 Å². The average Bonchev–Trinajstić information content (AvgIpc) is 2.50. The van der Waals surface area contributed by atoms with Crippen LogP contribution >= 0.6 is 0 Å². The molecule has 1 aliphatic rings. The summed E-state index contributed by atoms with van der Waals surface area (Å²) in [6.45, 7) is 11.8. The molecule has 0 amide bonds. The summed E-state index contributed by atoms with van der Waals surface area (Å²) in [5, 5.41) is 0. The second-order valence-electron chi connectivity index (χ2n) is 6.12. The van der Waals surface area contributed by atoms with E-state index < -0.39 is 0 Å². The van der Waals surface area contributed by atoms with Crippen LogP contribution in [-0.2, 0) is 6.54 Å². The smallest absolute Gasteiger partial charge is 0.165 e. The predicted molar refractivity (Wildman–Crippen MR) is 76.1 cm³/mol. The van der Waals surface area contributed by atoms with E-state index in [0.29, 0.717) is 24.2 Å². The lowest BCUT2D eigenvalue weighted by atomic mass is 9.99. The maximum absolute atomic E-state index is 14.1. The van der Waals surface area contributed by atoms with Crippen molar-refractivity contribution in [1.29, 1.82) is 0 Å². The summed E-state index contributed by atoms with van der Waals surface area (Å²) in [6, 6.07) is 3.71. The largest absolute Gasteiger partial charge is 0.489 e. The third kappa shape index (κ3) is 3.47. The van der Waals surface area contributed by atoms with Crippen molar-refractivity contribution in [1.82, 2.24) is 4.90 Å². The van der Waals surface area contributed by atoms with Gasteiger partial charge in [0.1, 0.15) is 6.61 Å². The van der Waals surface area contributed by atoms with Crippen LogP contribution < -0.4 is 4.74 Å². The Labute approximate surface area is 115 Å². The highest BCUT2D eigenvalue weighted by Gasteiger charge is 2.20. The third-order valence-electron chi connectivity index (χ3n) is 3.48. The Balaban J connectivity index is 2.29. The van der Waals surface area contributed by atoms with E-state index in [0.717, 1.165) is 30.8 Å². The molecule has 2 nitrogen and oxygen atoms in total. The minimum Gasteiger partial charge on any atom is -0.489 e. The predicted octanol–water partition coefficient (Wildman–Crippen LogP) is 3.80. The van der Waals surface area contributed by atoms with Crippen molar-refractivity contribution < 1.29 is 9.13 Å². The van der Waals surface area contributed by atoms with E-state index in [1.54, 1.807) is 6.07 Å². The molecule has 0 fully saturated rings. The first-order valence-electron chi connectivity index (χ1n) is 7.15. The second-order valence-corrected chi connectivity index (χ2v) is 6.12. The summed E-state index contributed by atoms with van der Waals surface area (Å²) in [5.74, 6) is 1.18. The molecular formula is C16H24FNO. The van der Waals surface area contributed by atoms with Crippen molar-refractivity contribution in [2.75, 3.05) is 19.7 Å². The van der Waals surface area contributed by atoms with Crippen LogP contribution in [0.4, 0.5) is 4.39 Å². The van der Waals surface area contributed by atoms with E-state index in [9.17, 15) is 4.39 Å². The number of benzene rings is 1. The molecule has 2 rings (SSSR count). The summed E-state index contributed by atoms with van der Waals surface area (Å²) >= 11 is 0. The summed E-state index contributed by atoms with van der Waals surface area (Å²) in [6.07, 6.45) is 0. The van der Waals surface area contributed by atoms with Crippen molar-refractivity contribution in [3.63, 3.8) is 0 Å². The Kier molecular flexibility index (Phi) is 4.46. The SMILES string of the molecule is CC(C)CN1CCOc2c(F)cc(C(C)C)cc2C1. The minimum atomic E-state index is -0.215. The van der Waals surface area contributed by atoms with Gasteiger partial charge in [-0.2, -0.15) is 0 Å². The summed E-state index contributed by atoms with van der Waals surface area (Å²) in [5.41, 5.74) is 2.04. The third-order valence-corrected chi connectivity index (χ3v) is 3.48. The van der Waals surface area contributed by atoms with Crippen molar-refractivity contribution in [2.24, 2.45) is 5.92 Å². The molecule has 1 aliphatic heterocycles. The van der Waals surface area contributed by atoms with Gasteiger partial charge in [-0.3, -0.25) is 4.90 Å². The molecule has 1 heterocycles. The van der Waals surface area contributed by atoms with Gasteiger partial charge in [-0.15, -0.1) is 0 Å². The van der Waals surface area contributed by atoms with Crippen molar-refractivity contribution in [3.05, 3.63) is 29.1 Å². The van der Waals surface area contributed by atoms with Crippen LogP contribution in [0.3, 0.4) is 0 Å². The van der Waals surface area contributed by atoms with Gasteiger partial charge in [-0.05, 0) is 23.5 Å². The van der Waals surface area contributed by atoms with Gasteiger partial charge >= 0.3 is 0 Å². The van der Waals surface area contributed by atoms with Gasteiger partial charge < -0.3 is 4.74 Å². The molecule has 0 aromatic heterocycles. The lowest BCUT2D eigenvalue weighted by Crippen LogP contribution is -2.29. The fraction of sp³-hybridized carbons (Fsp3) is 0.625. The van der Waals surface area contributed by atoms with Crippen LogP contribution in [0.1, 0.15) is 44.7 Å². The quantitative estimate of drug-likeness (QED) is 0.824. The van der Waals surface area contributed by atoms with Crippen LogP contribution in [-0.4, -0.2) is 24.6 Å². The number of hydrogen-bond donors (Lipinski definition) is 0. The Bertz CT molecular complexity index is 443. The van der Waals surface area contributed by atoms with Crippen molar-refractivity contribution in [3.8, 4) is 5.75 Å². The topological polar surface area (TPSA) is 12.5 Å². The maximum atomic E-state index is 14.1. The molecule has 1 aromatic rings. The molecule has 0 saturated carbocycles. The summed E-state index contributed by atoms with van der Waals surface area (Å²) in [4.78, 5) is 2.35. The lowest BCUT2D eigenvalue weighted by molar-refractivity contribution is 0.205. The van der Waals surface area contributed by atoms with Crippen molar-refractivity contribution >= 4 is 0 Å². The zero-order valence-electron chi connectivity index (χ0n) is 12.4. The molecule has 19 heavy (non-hydrogen) atoms. The molecule has 0 bridgehead atoms. The van der Waals surface area contributed by atoms with Gasteiger partial charge in [0.25, 0.3) is 0 Å². The number of hydrogen-bond acceptors (Lipinski definition) is 2. The van der Waals surface area contributed by atoms with E-state index >= 15 is 0 Å². The number of ether oxygens (including phenoxy) is 1. The molecule has 0 aliphatic carbocycles. The fourth-order valence-electron chi connectivity index (χ4n) is 2.56. The average molecular weight is 265 g/mol. The van der Waals surface area contributed by atoms with Gasteiger partial charge in [0.15, 0.2) is 11.6 Å². The summed E-state index contributed by atoms with van der Waals surface area (Å²) < 4.78 is 19.7. The molecule has 0 unspecified atom stereocenters. The number of rotatable bonds is 3. The van der Waals surface area contributed by atoms with E-state index in [1.807, 2.05) is 0 Å². The Morgan fingerprint density at radius 1 is 1.26 bits per heavy atom. The molecule has 0 N–H and O–H groups in total. The standard InChI is InChI=1S/C16H24FNO/c1-11(2)9-18-5-6-19-16-14(10-18)7-13(12(3)4)8-15(16)17/h7-8,11-12H,5-6,9-10H2,1-4H3. The van der Waals surface area contributed by atoms with Crippen LogP contribution in [0.5, 0.6) is 5.75 Å². The van der Waals surface area contributed by atoms with Gasteiger partial charge in [0.2, 0.25) is 0 Å². The summed E-state index contributed by atoms with van der Waals surface area (Å²) in [7, 11) is 0. The van der Waals surface area contributed by atoms with Crippen LogP contribution in [0.2, 0.25) is 0 Å². The minimum absolute atomic E-state index is 0.215. The van der Waals surface area contributed by atoms with E-state index in [2.05, 4.69) is 38.7 Å². The van der Waals surface area contributed by atoms with Crippen LogP contribution in [0.15, 0.2) is 12.1 Å².